The predicted molar refractivity (Wildman–Crippen MR) is 73.3 cm³/mol. The van der Waals surface area contributed by atoms with Gasteiger partial charge in [-0.05, 0) is 17.7 Å². The zero-order valence-electron chi connectivity index (χ0n) is 9.56. The average molecular weight is 289 g/mol. The van der Waals surface area contributed by atoms with E-state index in [1.54, 1.807) is 0 Å². The first-order valence-electron chi connectivity index (χ1n) is 5.53. The van der Waals surface area contributed by atoms with E-state index in [1.807, 2.05) is 61.5 Å². The van der Waals surface area contributed by atoms with Crippen LogP contribution in [-0.4, -0.2) is 5.78 Å². The molecule has 0 radical (unpaired) electrons. The number of carbonyl (C=O) groups is 1. The van der Waals surface area contributed by atoms with E-state index in [0.717, 1.165) is 15.6 Å². The van der Waals surface area contributed by atoms with E-state index in [4.69, 9.17) is 0 Å². The number of carbonyl (C=O) groups excluding carboxylic acids is 1. The monoisotopic (exact) mass is 288 g/mol. The Labute approximate surface area is 110 Å². The van der Waals surface area contributed by atoms with Gasteiger partial charge in [-0.2, -0.15) is 0 Å². The first-order chi connectivity index (χ1) is 8.18. The van der Waals surface area contributed by atoms with Gasteiger partial charge in [-0.25, -0.2) is 0 Å². The van der Waals surface area contributed by atoms with Crippen molar-refractivity contribution in [2.24, 2.45) is 0 Å². The maximum atomic E-state index is 12.2. The van der Waals surface area contributed by atoms with Crippen LogP contribution in [0.1, 0.15) is 28.8 Å². The van der Waals surface area contributed by atoms with Crippen LogP contribution in [-0.2, 0) is 0 Å². The van der Waals surface area contributed by atoms with Gasteiger partial charge in [-0.15, -0.1) is 0 Å². The second-order valence-electron chi connectivity index (χ2n) is 4.00. The number of rotatable bonds is 3. The van der Waals surface area contributed by atoms with Crippen LogP contribution in [0.25, 0.3) is 0 Å². The molecule has 0 aromatic heterocycles. The zero-order chi connectivity index (χ0) is 12.3. The molecule has 2 heteroatoms. The van der Waals surface area contributed by atoms with Crippen molar-refractivity contribution in [2.75, 3.05) is 0 Å². The van der Waals surface area contributed by atoms with Gasteiger partial charge in [0.1, 0.15) is 0 Å². The second-order valence-corrected chi connectivity index (χ2v) is 4.92. The Kier molecular flexibility index (Phi) is 3.75. The maximum absolute atomic E-state index is 12.2. The average Bonchev–Trinajstić information content (AvgIpc) is 2.39. The SMILES string of the molecule is CC(C(=O)c1ccc(Br)cc1)c1ccccc1. The Morgan fingerprint density at radius 1 is 1.00 bits per heavy atom. The molecule has 0 fully saturated rings. The van der Waals surface area contributed by atoms with Gasteiger partial charge in [-0.1, -0.05) is 65.3 Å². The third kappa shape index (κ3) is 2.83. The molecule has 2 rings (SSSR count). The molecule has 1 atom stereocenters. The lowest BCUT2D eigenvalue weighted by Gasteiger charge is -2.10. The fraction of sp³-hybridized carbons (Fsp3) is 0.133. The van der Waals surface area contributed by atoms with E-state index in [1.165, 1.54) is 0 Å². The second kappa shape index (κ2) is 5.28. The summed E-state index contributed by atoms with van der Waals surface area (Å²) in [6.07, 6.45) is 0. The summed E-state index contributed by atoms with van der Waals surface area (Å²) >= 11 is 3.37. The molecular weight excluding hydrogens is 276 g/mol. The molecule has 0 aliphatic heterocycles. The van der Waals surface area contributed by atoms with Crippen molar-refractivity contribution in [3.05, 3.63) is 70.2 Å². The highest BCUT2D eigenvalue weighted by molar-refractivity contribution is 9.10. The van der Waals surface area contributed by atoms with Crippen molar-refractivity contribution < 1.29 is 4.79 Å². The van der Waals surface area contributed by atoms with Gasteiger partial charge >= 0.3 is 0 Å². The molecule has 2 aromatic carbocycles. The third-order valence-corrected chi connectivity index (χ3v) is 3.35. The smallest absolute Gasteiger partial charge is 0.170 e. The highest BCUT2D eigenvalue weighted by Crippen LogP contribution is 2.21. The number of hydrogen-bond acceptors (Lipinski definition) is 1. The summed E-state index contributed by atoms with van der Waals surface area (Å²) in [6, 6.07) is 17.3. The molecule has 0 spiro atoms. The Balaban J connectivity index is 2.23. The minimum Gasteiger partial charge on any atom is -0.294 e. The number of ketones is 1. The number of hydrogen-bond donors (Lipinski definition) is 0. The fourth-order valence-corrected chi connectivity index (χ4v) is 2.02. The minimum atomic E-state index is -0.0997. The molecule has 0 aliphatic rings. The Hall–Kier alpha value is -1.41. The summed E-state index contributed by atoms with van der Waals surface area (Å²) in [5.41, 5.74) is 1.81. The molecule has 0 heterocycles. The molecule has 2 aromatic rings. The first kappa shape index (κ1) is 12.1. The van der Waals surface area contributed by atoms with E-state index in [0.29, 0.717) is 0 Å². The van der Waals surface area contributed by atoms with Crippen LogP contribution < -0.4 is 0 Å². The molecular formula is C15H13BrO. The predicted octanol–water partition coefficient (Wildman–Crippen LogP) is 4.44. The van der Waals surface area contributed by atoms with Crippen LogP contribution in [0.3, 0.4) is 0 Å². The summed E-state index contributed by atoms with van der Waals surface area (Å²) in [5, 5.41) is 0. The number of Topliss-reactive ketones (excluding diaryl/α,β-unsaturated/α-hetero) is 1. The summed E-state index contributed by atoms with van der Waals surface area (Å²) in [7, 11) is 0. The van der Waals surface area contributed by atoms with E-state index in [-0.39, 0.29) is 11.7 Å². The molecule has 0 amide bonds. The lowest BCUT2D eigenvalue weighted by molar-refractivity contribution is 0.0966. The summed E-state index contributed by atoms with van der Waals surface area (Å²) in [5.74, 6) is 0.0566. The molecule has 0 aliphatic carbocycles. The summed E-state index contributed by atoms with van der Waals surface area (Å²) in [6.45, 7) is 1.94. The number of halogens is 1. The van der Waals surface area contributed by atoms with Crippen LogP contribution in [0.15, 0.2) is 59.1 Å². The highest BCUT2D eigenvalue weighted by Gasteiger charge is 2.16. The first-order valence-corrected chi connectivity index (χ1v) is 6.32. The maximum Gasteiger partial charge on any atom is 0.170 e. The Morgan fingerprint density at radius 3 is 2.18 bits per heavy atom. The van der Waals surface area contributed by atoms with Gasteiger partial charge in [-0.3, -0.25) is 4.79 Å². The summed E-state index contributed by atoms with van der Waals surface area (Å²) < 4.78 is 0.987. The summed E-state index contributed by atoms with van der Waals surface area (Å²) in [4.78, 5) is 12.2. The van der Waals surface area contributed by atoms with Gasteiger partial charge in [0.05, 0.1) is 0 Å². The molecule has 0 N–H and O–H groups in total. The van der Waals surface area contributed by atoms with Gasteiger partial charge in [0.15, 0.2) is 5.78 Å². The van der Waals surface area contributed by atoms with Crippen LogP contribution in [0, 0.1) is 0 Å². The van der Waals surface area contributed by atoms with Crippen LogP contribution in [0.4, 0.5) is 0 Å². The lowest BCUT2D eigenvalue weighted by Crippen LogP contribution is -2.09. The van der Waals surface area contributed by atoms with Crippen molar-refractivity contribution in [2.45, 2.75) is 12.8 Å². The topological polar surface area (TPSA) is 17.1 Å². The fourth-order valence-electron chi connectivity index (χ4n) is 1.76. The van der Waals surface area contributed by atoms with Crippen molar-refractivity contribution in [1.29, 1.82) is 0 Å². The van der Waals surface area contributed by atoms with Crippen LogP contribution >= 0.6 is 15.9 Å². The van der Waals surface area contributed by atoms with E-state index >= 15 is 0 Å². The van der Waals surface area contributed by atoms with Crippen LogP contribution in [0.2, 0.25) is 0 Å². The van der Waals surface area contributed by atoms with Gasteiger partial charge in [0.2, 0.25) is 0 Å². The molecule has 0 saturated heterocycles. The molecule has 1 unspecified atom stereocenters. The molecule has 86 valence electrons. The van der Waals surface area contributed by atoms with E-state index < -0.39 is 0 Å². The van der Waals surface area contributed by atoms with E-state index in [9.17, 15) is 4.79 Å². The Morgan fingerprint density at radius 2 is 1.59 bits per heavy atom. The molecule has 0 saturated carbocycles. The van der Waals surface area contributed by atoms with Crippen molar-refractivity contribution in [1.82, 2.24) is 0 Å². The molecule has 1 nitrogen and oxygen atoms in total. The minimum absolute atomic E-state index is 0.0997. The van der Waals surface area contributed by atoms with Crippen LogP contribution in [0.5, 0.6) is 0 Å². The van der Waals surface area contributed by atoms with Gasteiger partial charge < -0.3 is 0 Å². The largest absolute Gasteiger partial charge is 0.294 e. The normalized spacial score (nSPS) is 12.1. The highest BCUT2D eigenvalue weighted by atomic mass is 79.9. The van der Waals surface area contributed by atoms with Crippen molar-refractivity contribution >= 4 is 21.7 Å². The molecule has 0 bridgehead atoms. The third-order valence-electron chi connectivity index (χ3n) is 2.82. The molecule has 17 heavy (non-hydrogen) atoms. The van der Waals surface area contributed by atoms with Gasteiger partial charge in [0, 0.05) is 16.0 Å². The Bertz CT molecular complexity index is 502. The number of benzene rings is 2. The van der Waals surface area contributed by atoms with Gasteiger partial charge in [0.25, 0.3) is 0 Å². The van der Waals surface area contributed by atoms with Crippen molar-refractivity contribution in [3.63, 3.8) is 0 Å². The van der Waals surface area contributed by atoms with E-state index in [2.05, 4.69) is 15.9 Å². The zero-order valence-corrected chi connectivity index (χ0v) is 11.1. The standard InChI is InChI=1S/C15H13BrO/c1-11(12-5-3-2-4-6-12)15(17)13-7-9-14(16)10-8-13/h2-11H,1H3. The van der Waals surface area contributed by atoms with Crippen molar-refractivity contribution in [3.8, 4) is 0 Å². The quantitative estimate of drug-likeness (QED) is 0.764. The lowest BCUT2D eigenvalue weighted by atomic mass is 9.92.